The van der Waals surface area contributed by atoms with Crippen molar-refractivity contribution in [2.75, 3.05) is 46.4 Å². The maximum Gasteiger partial charge on any atom is 0.339 e. The van der Waals surface area contributed by atoms with Gasteiger partial charge in [0, 0.05) is 50.1 Å². The minimum atomic E-state index is -1.87. The summed E-state index contributed by atoms with van der Waals surface area (Å²) in [6.07, 6.45) is 1.27. The highest BCUT2D eigenvalue weighted by Gasteiger charge is 2.35. The molecule has 0 radical (unpaired) electrons. The van der Waals surface area contributed by atoms with E-state index in [1.807, 2.05) is 43.3 Å². The first-order valence-corrected chi connectivity index (χ1v) is 12.9. The Kier molecular flexibility index (Phi) is 8.63. The zero-order valence-electron chi connectivity index (χ0n) is 21.7. The van der Waals surface area contributed by atoms with E-state index in [-0.39, 0.29) is 18.4 Å². The van der Waals surface area contributed by atoms with Gasteiger partial charge in [-0.1, -0.05) is 24.3 Å². The lowest BCUT2D eigenvalue weighted by atomic mass is 9.88. The Bertz CT molecular complexity index is 1260. The van der Waals surface area contributed by atoms with Gasteiger partial charge in [0.1, 0.15) is 16.9 Å². The van der Waals surface area contributed by atoms with E-state index in [1.54, 1.807) is 12.1 Å². The predicted octanol–water partition coefficient (Wildman–Crippen LogP) is 2.51. The Hall–Kier alpha value is -3.20. The lowest BCUT2D eigenvalue weighted by Gasteiger charge is -2.32. The average molecular weight is 508 g/mol. The summed E-state index contributed by atoms with van der Waals surface area (Å²) < 4.78 is 11.3. The number of nitrogens with zero attached hydrogens (tertiary/aromatic N) is 2. The number of primary amides is 1. The lowest BCUT2D eigenvalue weighted by Crippen LogP contribution is -2.47. The highest BCUT2D eigenvalue weighted by Crippen LogP contribution is 2.23. The summed E-state index contributed by atoms with van der Waals surface area (Å²) in [7, 11) is 2.16. The minimum absolute atomic E-state index is 0.0823. The maximum absolute atomic E-state index is 12.5. The number of hydrogen-bond donors (Lipinski definition) is 2. The number of ether oxygens (including phenoxy) is 1. The van der Waals surface area contributed by atoms with Gasteiger partial charge in [-0.15, -0.1) is 0 Å². The van der Waals surface area contributed by atoms with Crippen LogP contribution in [0.5, 0.6) is 5.75 Å². The Balaban J connectivity index is 1.30. The molecule has 8 nitrogen and oxygen atoms in total. The second-order valence-electron chi connectivity index (χ2n) is 10.2. The summed E-state index contributed by atoms with van der Waals surface area (Å²) in [6.45, 7) is 8.04. The first kappa shape index (κ1) is 26.9. The molecule has 8 heteroatoms. The third kappa shape index (κ3) is 7.19. The molecule has 0 spiro atoms. The topological polar surface area (TPSA) is 109 Å². The van der Waals surface area contributed by atoms with Gasteiger partial charge >= 0.3 is 5.63 Å². The van der Waals surface area contributed by atoms with Crippen molar-refractivity contribution in [3.05, 3.63) is 75.6 Å². The van der Waals surface area contributed by atoms with Crippen molar-refractivity contribution >= 4 is 16.9 Å². The number of likely N-dealkylation sites (N-methyl/N-ethyl adjacent to an activating group) is 1. The number of fused-ring (bicyclic) bond motifs is 1. The van der Waals surface area contributed by atoms with Crippen LogP contribution in [0.3, 0.4) is 0 Å². The van der Waals surface area contributed by atoms with E-state index < -0.39 is 17.1 Å². The fourth-order valence-corrected chi connectivity index (χ4v) is 4.65. The third-order valence-electron chi connectivity index (χ3n) is 7.14. The Labute approximate surface area is 217 Å². The molecule has 1 atom stereocenters. The van der Waals surface area contributed by atoms with E-state index in [9.17, 15) is 14.7 Å². The van der Waals surface area contributed by atoms with Gasteiger partial charge in [0.15, 0.2) is 0 Å². The zero-order valence-corrected chi connectivity index (χ0v) is 21.7. The van der Waals surface area contributed by atoms with Crippen LogP contribution in [0.2, 0.25) is 0 Å². The third-order valence-corrected chi connectivity index (χ3v) is 7.14. The van der Waals surface area contributed by atoms with Crippen LogP contribution in [0.1, 0.15) is 29.5 Å². The summed E-state index contributed by atoms with van der Waals surface area (Å²) in [5.41, 5.74) is 5.72. The number of carbonyl (C=O) groups excluding carboxylic acids is 1. The van der Waals surface area contributed by atoms with Gasteiger partial charge in [0.25, 0.3) is 0 Å². The van der Waals surface area contributed by atoms with Gasteiger partial charge in [-0.25, -0.2) is 4.79 Å². The van der Waals surface area contributed by atoms with E-state index in [4.69, 9.17) is 14.9 Å². The number of benzene rings is 2. The van der Waals surface area contributed by atoms with Crippen molar-refractivity contribution in [1.82, 2.24) is 9.80 Å². The quantitative estimate of drug-likeness (QED) is 0.303. The summed E-state index contributed by atoms with van der Waals surface area (Å²) in [4.78, 5) is 29.5. The van der Waals surface area contributed by atoms with Crippen LogP contribution in [0.15, 0.2) is 57.7 Å². The molecular formula is C29H37N3O5. The summed E-state index contributed by atoms with van der Waals surface area (Å²) in [6, 6.07) is 14.8. The minimum Gasteiger partial charge on any atom is -0.494 e. The summed E-state index contributed by atoms with van der Waals surface area (Å²) >= 11 is 0. The molecule has 1 aliphatic heterocycles. The molecule has 0 aliphatic carbocycles. The van der Waals surface area contributed by atoms with E-state index in [0.717, 1.165) is 61.4 Å². The fraction of sp³-hybridized carbons (Fsp3) is 0.448. The highest BCUT2D eigenvalue weighted by molar-refractivity contribution is 5.84. The number of aliphatic hydroxyl groups is 1. The lowest BCUT2D eigenvalue weighted by molar-refractivity contribution is -0.136. The molecule has 1 amide bonds. The number of carbonyl (C=O) groups is 1. The molecule has 4 rings (SSSR count). The second kappa shape index (κ2) is 11.9. The SMILES string of the molecule is Cc1ccc2cc(CC(O)(CCc3ccc(OCCCN4CCN(C)CC4)cc3)C(N)=O)c(=O)oc2c1. The smallest absolute Gasteiger partial charge is 0.339 e. The van der Waals surface area contributed by atoms with Gasteiger partial charge < -0.3 is 29.8 Å². The molecule has 1 aromatic heterocycles. The van der Waals surface area contributed by atoms with Crippen LogP contribution in [0.4, 0.5) is 0 Å². The van der Waals surface area contributed by atoms with Gasteiger partial charge in [-0.05, 0) is 68.6 Å². The van der Waals surface area contributed by atoms with Crippen molar-refractivity contribution in [3.63, 3.8) is 0 Å². The van der Waals surface area contributed by atoms with Crippen LogP contribution in [-0.4, -0.2) is 72.8 Å². The monoisotopic (exact) mass is 507 g/mol. The molecule has 0 saturated carbocycles. The summed E-state index contributed by atoms with van der Waals surface area (Å²) in [5.74, 6) is -0.0764. The largest absolute Gasteiger partial charge is 0.494 e. The van der Waals surface area contributed by atoms with E-state index in [0.29, 0.717) is 18.6 Å². The van der Waals surface area contributed by atoms with Crippen LogP contribution in [0, 0.1) is 6.92 Å². The van der Waals surface area contributed by atoms with Crippen LogP contribution in [0.25, 0.3) is 11.0 Å². The number of nitrogens with two attached hydrogens (primary N) is 1. The second-order valence-corrected chi connectivity index (χ2v) is 10.2. The number of aryl methyl sites for hydroxylation is 2. The molecule has 2 aromatic carbocycles. The molecular weight excluding hydrogens is 470 g/mol. The molecule has 1 aliphatic rings. The molecule has 3 aromatic rings. The van der Waals surface area contributed by atoms with Crippen LogP contribution in [-0.2, 0) is 17.6 Å². The van der Waals surface area contributed by atoms with E-state index in [1.165, 1.54) is 0 Å². The van der Waals surface area contributed by atoms with E-state index >= 15 is 0 Å². The molecule has 37 heavy (non-hydrogen) atoms. The number of rotatable bonds is 11. The van der Waals surface area contributed by atoms with Crippen LogP contribution < -0.4 is 16.1 Å². The molecule has 1 saturated heterocycles. The van der Waals surface area contributed by atoms with Crippen molar-refractivity contribution in [1.29, 1.82) is 0 Å². The maximum atomic E-state index is 12.5. The molecule has 198 valence electrons. The number of hydrogen-bond acceptors (Lipinski definition) is 7. The van der Waals surface area contributed by atoms with Crippen molar-refractivity contribution in [3.8, 4) is 5.75 Å². The number of amides is 1. The first-order valence-electron chi connectivity index (χ1n) is 12.9. The molecule has 1 unspecified atom stereocenters. The van der Waals surface area contributed by atoms with Crippen molar-refractivity contribution in [2.45, 2.75) is 38.2 Å². The van der Waals surface area contributed by atoms with Gasteiger partial charge in [-0.3, -0.25) is 4.79 Å². The van der Waals surface area contributed by atoms with Crippen LogP contribution >= 0.6 is 0 Å². The predicted molar refractivity (Wildman–Crippen MR) is 144 cm³/mol. The van der Waals surface area contributed by atoms with E-state index in [2.05, 4.69) is 16.8 Å². The molecule has 2 heterocycles. The fourth-order valence-electron chi connectivity index (χ4n) is 4.65. The average Bonchev–Trinajstić information content (AvgIpc) is 2.87. The standard InChI is InChI=1S/C29H37N3O5/c1-21-4-7-23-19-24(27(33)37-26(23)18-21)20-29(35,28(30)34)11-10-22-5-8-25(9-6-22)36-17-3-12-32-15-13-31(2)14-16-32/h4-9,18-19,35H,3,10-17,20H2,1-2H3,(H2,30,34). The normalized spacial score (nSPS) is 16.5. The van der Waals surface area contributed by atoms with Crippen molar-refractivity contribution in [2.24, 2.45) is 5.73 Å². The zero-order chi connectivity index (χ0) is 26.4. The highest BCUT2D eigenvalue weighted by atomic mass is 16.5. The number of piperazine rings is 1. The Morgan fingerprint density at radius 2 is 1.84 bits per heavy atom. The van der Waals surface area contributed by atoms with Gasteiger partial charge in [0.05, 0.1) is 6.61 Å². The summed E-state index contributed by atoms with van der Waals surface area (Å²) in [5, 5.41) is 11.8. The molecule has 0 bridgehead atoms. The molecule has 1 fully saturated rings. The van der Waals surface area contributed by atoms with Crippen molar-refractivity contribution < 1.29 is 19.1 Å². The first-order chi connectivity index (χ1) is 17.7. The van der Waals surface area contributed by atoms with Gasteiger partial charge in [-0.2, -0.15) is 0 Å². The Morgan fingerprint density at radius 3 is 2.54 bits per heavy atom. The Morgan fingerprint density at radius 1 is 1.11 bits per heavy atom. The molecule has 3 N–H and O–H groups in total. The van der Waals surface area contributed by atoms with Gasteiger partial charge in [0.2, 0.25) is 5.91 Å².